The molecule has 0 unspecified atom stereocenters. The van der Waals surface area contributed by atoms with Crippen molar-refractivity contribution in [3.63, 3.8) is 0 Å². The largest absolute Gasteiger partial charge is 0.472 e. The van der Waals surface area contributed by atoms with Crippen LogP contribution in [0.15, 0.2) is 47.3 Å². The molecule has 0 aliphatic rings. The summed E-state index contributed by atoms with van der Waals surface area (Å²) in [6, 6.07) is 9.20. The topological polar surface area (TPSA) is 30.2 Å². The van der Waals surface area contributed by atoms with Crippen LogP contribution in [0.3, 0.4) is 0 Å². The van der Waals surface area contributed by atoms with Crippen molar-refractivity contribution in [1.82, 2.24) is 0 Å². The van der Waals surface area contributed by atoms with Crippen molar-refractivity contribution in [2.45, 2.75) is 6.92 Å². The summed E-state index contributed by atoms with van der Waals surface area (Å²) >= 11 is 0. The van der Waals surface area contributed by atoms with E-state index >= 15 is 0 Å². The van der Waals surface area contributed by atoms with E-state index in [1.54, 1.807) is 6.07 Å². The van der Waals surface area contributed by atoms with E-state index in [0.29, 0.717) is 5.56 Å². The lowest BCUT2D eigenvalue weighted by atomic mass is 10.0. The first-order chi connectivity index (χ1) is 6.79. The van der Waals surface area contributed by atoms with E-state index in [2.05, 4.69) is 0 Å². The lowest BCUT2D eigenvalue weighted by Gasteiger charge is -2.01. The predicted octanol–water partition coefficient (Wildman–Crippen LogP) is 2.82. The second-order valence-electron chi connectivity index (χ2n) is 3.16. The fraction of sp³-hybridized carbons (Fsp3) is 0.0833. The normalized spacial score (nSPS) is 10.1. The van der Waals surface area contributed by atoms with Gasteiger partial charge < -0.3 is 4.42 Å². The van der Waals surface area contributed by atoms with Crippen molar-refractivity contribution in [3.05, 3.63) is 59.5 Å². The summed E-state index contributed by atoms with van der Waals surface area (Å²) in [5.74, 6) is 0.0110. The van der Waals surface area contributed by atoms with E-state index in [0.717, 1.165) is 11.1 Å². The summed E-state index contributed by atoms with van der Waals surface area (Å²) < 4.78 is 4.88. The minimum absolute atomic E-state index is 0.0110. The summed E-state index contributed by atoms with van der Waals surface area (Å²) in [6.07, 6.45) is 2.97. The number of carbonyl (C=O) groups excluding carboxylic acids is 1. The molecule has 0 amide bonds. The zero-order chi connectivity index (χ0) is 9.97. The predicted molar refractivity (Wildman–Crippen MR) is 53.3 cm³/mol. The van der Waals surface area contributed by atoms with Crippen LogP contribution in [0.4, 0.5) is 0 Å². The first-order valence-corrected chi connectivity index (χ1v) is 4.41. The van der Waals surface area contributed by atoms with E-state index in [1.165, 1.54) is 12.5 Å². The Hall–Kier alpha value is -1.83. The number of aryl methyl sites for hydroxylation is 1. The van der Waals surface area contributed by atoms with Crippen LogP contribution in [0, 0.1) is 6.92 Å². The SMILES string of the molecule is Cc1ccccc1C(=O)c1ccoc1. The Morgan fingerprint density at radius 2 is 2.00 bits per heavy atom. The first-order valence-electron chi connectivity index (χ1n) is 4.41. The molecule has 0 spiro atoms. The van der Waals surface area contributed by atoms with Gasteiger partial charge in [0.05, 0.1) is 11.8 Å². The van der Waals surface area contributed by atoms with Crippen molar-refractivity contribution < 1.29 is 9.21 Å². The minimum Gasteiger partial charge on any atom is -0.472 e. The molecule has 0 radical (unpaired) electrons. The fourth-order valence-electron chi connectivity index (χ4n) is 1.38. The standard InChI is InChI=1S/C12H10O2/c1-9-4-2-3-5-11(9)12(13)10-6-7-14-8-10/h2-8H,1H3. The van der Waals surface area contributed by atoms with Crippen molar-refractivity contribution >= 4 is 5.78 Å². The highest BCUT2D eigenvalue weighted by Gasteiger charge is 2.11. The highest BCUT2D eigenvalue weighted by atomic mass is 16.3. The maximum absolute atomic E-state index is 11.9. The van der Waals surface area contributed by atoms with Gasteiger partial charge in [0.25, 0.3) is 0 Å². The molecule has 14 heavy (non-hydrogen) atoms. The molecule has 0 saturated heterocycles. The van der Waals surface area contributed by atoms with E-state index < -0.39 is 0 Å². The summed E-state index contributed by atoms with van der Waals surface area (Å²) in [6.45, 7) is 1.92. The van der Waals surface area contributed by atoms with Gasteiger partial charge in [-0.2, -0.15) is 0 Å². The van der Waals surface area contributed by atoms with Crippen molar-refractivity contribution in [1.29, 1.82) is 0 Å². The highest BCUT2D eigenvalue weighted by Crippen LogP contribution is 2.13. The van der Waals surface area contributed by atoms with Gasteiger partial charge in [0, 0.05) is 5.56 Å². The van der Waals surface area contributed by atoms with Gasteiger partial charge in [0.2, 0.25) is 0 Å². The minimum atomic E-state index is 0.0110. The van der Waals surface area contributed by atoms with Gasteiger partial charge in [0.1, 0.15) is 6.26 Å². The third-order valence-electron chi connectivity index (χ3n) is 2.17. The third kappa shape index (κ3) is 1.46. The number of benzene rings is 1. The maximum atomic E-state index is 11.9. The molecule has 1 aromatic heterocycles. The molecular weight excluding hydrogens is 176 g/mol. The van der Waals surface area contributed by atoms with Gasteiger partial charge in [-0.15, -0.1) is 0 Å². The smallest absolute Gasteiger partial charge is 0.196 e. The van der Waals surface area contributed by atoms with Crippen LogP contribution in [-0.4, -0.2) is 5.78 Å². The number of hydrogen-bond donors (Lipinski definition) is 0. The Morgan fingerprint density at radius 3 is 2.64 bits per heavy atom. The van der Waals surface area contributed by atoms with Crippen LogP contribution in [0.2, 0.25) is 0 Å². The molecule has 1 aromatic carbocycles. The highest BCUT2D eigenvalue weighted by molar-refractivity contribution is 6.09. The van der Waals surface area contributed by atoms with Crippen molar-refractivity contribution in [3.8, 4) is 0 Å². The Kier molecular flexibility index (Phi) is 2.19. The molecule has 0 aliphatic carbocycles. The molecule has 2 rings (SSSR count). The zero-order valence-electron chi connectivity index (χ0n) is 7.86. The molecule has 2 aromatic rings. The number of furan rings is 1. The van der Waals surface area contributed by atoms with Crippen LogP contribution in [0.1, 0.15) is 21.5 Å². The summed E-state index contributed by atoms with van der Waals surface area (Å²) in [5, 5.41) is 0. The Labute approximate surface area is 82.2 Å². The van der Waals surface area contributed by atoms with Crippen molar-refractivity contribution in [2.24, 2.45) is 0 Å². The number of carbonyl (C=O) groups is 1. The number of rotatable bonds is 2. The van der Waals surface area contributed by atoms with Gasteiger partial charge in [0.15, 0.2) is 5.78 Å². The van der Waals surface area contributed by atoms with Crippen LogP contribution >= 0.6 is 0 Å². The number of hydrogen-bond acceptors (Lipinski definition) is 2. The molecule has 0 saturated carbocycles. The van der Waals surface area contributed by atoms with Crippen LogP contribution in [0.25, 0.3) is 0 Å². The molecule has 0 aliphatic heterocycles. The fourth-order valence-corrected chi connectivity index (χ4v) is 1.38. The number of ketones is 1. The Balaban J connectivity index is 2.42. The van der Waals surface area contributed by atoms with Crippen LogP contribution in [0.5, 0.6) is 0 Å². The van der Waals surface area contributed by atoms with E-state index in [-0.39, 0.29) is 5.78 Å². The quantitative estimate of drug-likeness (QED) is 0.675. The monoisotopic (exact) mass is 186 g/mol. The molecular formula is C12H10O2. The molecule has 0 atom stereocenters. The maximum Gasteiger partial charge on any atom is 0.196 e. The van der Waals surface area contributed by atoms with Gasteiger partial charge in [-0.3, -0.25) is 4.79 Å². The lowest BCUT2D eigenvalue weighted by molar-refractivity contribution is 0.103. The molecule has 70 valence electrons. The van der Waals surface area contributed by atoms with E-state index in [9.17, 15) is 4.79 Å². The average molecular weight is 186 g/mol. The van der Waals surface area contributed by atoms with Gasteiger partial charge in [-0.05, 0) is 18.6 Å². The van der Waals surface area contributed by atoms with Crippen LogP contribution in [-0.2, 0) is 0 Å². The molecule has 0 bridgehead atoms. The van der Waals surface area contributed by atoms with Gasteiger partial charge >= 0.3 is 0 Å². The second-order valence-corrected chi connectivity index (χ2v) is 3.16. The summed E-state index contributed by atoms with van der Waals surface area (Å²) in [5.41, 5.74) is 2.31. The molecule has 2 heteroatoms. The first kappa shape index (κ1) is 8.75. The van der Waals surface area contributed by atoms with Crippen LogP contribution < -0.4 is 0 Å². The molecule has 0 N–H and O–H groups in total. The van der Waals surface area contributed by atoms with E-state index in [4.69, 9.17) is 4.42 Å². The Morgan fingerprint density at radius 1 is 1.21 bits per heavy atom. The summed E-state index contributed by atoms with van der Waals surface area (Å²) in [7, 11) is 0. The molecule has 2 nitrogen and oxygen atoms in total. The average Bonchev–Trinajstić information content (AvgIpc) is 2.70. The van der Waals surface area contributed by atoms with E-state index in [1.807, 2.05) is 31.2 Å². The van der Waals surface area contributed by atoms with Crippen molar-refractivity contribution in [2.75, 3.05) is 0 Å². The molecule has 0 fully saturated rings. The second kappa shape index (κ2) is 3.50. The van der Waals surface area contributed by atoms with Gasteiger partial charge in [-0.1, -0.05) is 24.3 Å². The van der Waals surface area contributed by atoms with Gasteiger partial charge in [-0.25, -0.2) is 0 Å². The molecule has 1 heterocycles. The third-order valence-corrected chi connectivity index (χ3v) is 2.17. The zero-order valence-corrected chi connectivity index (χ0v) is 7.86. The Bertz CT molecular complexity index is 441. The lowest BCUT2D eigenvalue weighted by Crippen LogP contribution is -2.01. The summed E-state index contributed by atoms with van der Waals surface area (Å²) in [4.78, 5) is 11.9.